The Hall–Kier alpha value is -2.55. The monoisotopic (exact) mass is 371 g/mol. The molecule has 0 aliphatic heterocycles. The summed E-state index contributed by atoms with van der Waals surface area (Å²) < 4.78 is 5.61. The molecule has 0 spiro atoms. The molecule has 0 aromatic heterocycles. The number of ether oxygens (including phenoxy) is 1. The number of aryl methyl sites for hydroxylation is 1. The second kappa shape index (κ2) is 9.81. The van der Waals surface area contributed by atoms with E-state index in [9.17, 15) is 4.79 Å². The van der Waals surface area contributed by atoms with Gasteiger partial charge < -0.3 is 15.8 Å². The normalized spacial score (nSPS) is 11.5. The van der Waals surface area contributed by atoms with Crippen LogP contribution in [0.25, 0.3) is 0 Å². The third-order valence-corrected chi connectivity index (χ3v) is 4.25. The lowest BCUT2D eigenvalue weighted by Crippen LogP contribution is -2.25. The lowest BCUT2D eigenvalue weighted by molar-refractivity contribution is -0.120. The van der Waals surface area contributed by atoms with Crippen LogP contribution in [0, 0.1) is 17.2 Å². The maximum Gasteiger partial charge on any atom is 0.230 e. The predicted molar refractivity (Wildman–Crippen MR) is 103 cm³/mol. The Balaban J connectivity index is 1.87. The molecule has 2 aromatic rings. The molecule has 5 nitrogen and oxygen atoms in total. The SMILES string of the molecule is CC(COc1ccc(C#N)cc1)C(=O)Nc1ccc(CCCN)c(Cl)c1. The molecule has 26 heavy (non-hydrogen) atoms. The minimum Gasteiger partial charge on any atom is -0.493 e. The predicted octanol–water partition coefficient (Wildman–Crippen LogP) is 3.76. The van der Waals surface area contributed by atoms with E-state index < -0.39 is 0 Å². The van der Waals surface area contributed by atoms with Crippen LogP contribution in [-0.4, -0.2) is 19.1 Å². The number of nitrogens with zero attached hydrogens (tertiary/aromatic N) is 1. The number of benzene rings is 2. The summed E-state index contributed by atoms with van der Waals surface area (Å²) in [6, 6.07) is 14.3. The zero-order valence-electron chi connectivity index (χ0n) is 14.7. The van der Waals surface area contributed by atoms with Gasteiger partial charge in [-0.15, -0.1) is 0 Å². The van der Waals surface area contributed by atoms with Crippen LogP contribution in [0.3, 0.4) is 0 Å². The second-order valence-corrected chi connectivity index (χ2v) is 6.44. The van der Waals surface area contributed by atoms with Gasteiger partial charge in [-0.2, -0.15) is 5.26 Å². The lowest BCUT2D eigenvalue weighted by atomic mass is 10.1. The van der Waals surface area contributed by atoms with Crippen molar-refractivity contribution in [2.75, 3.05) is 18.5 Å². The van der Waals surface area contributed by atoms with E-state index in [1.807, 2.05) is 18.2 Å². The van der Waals surface area contributed by atoms with Crippen molar-refractivity contribution in [2.24, 2.45) is 11.7 Å². The van der Waals surface area contributed by atoms with E-state index in [4.69, 9.17) is 27.3 Å². The summed E-state index contributed by atoms with van der Waals surface area (Å²) in [6.07, 6.45) is 1.69. The van der Waals surface area contributed by atoms with Crippen LogP contribution in [0.5, 0.6) is 5.75 Å². The molecule has 0 saturated heterocycles. The zero-order chi connectivity index (χ0) is 18.9. The van der Waals surface area contributed by atoms with Gasteiger partial charge >= 0.3 is 0 Å². The molecule has 0 heterocycles. The van der Waals surface area contributed by atoms with Crippen LogP contribution in [0.15, 0.2) is 42.5 Å². The third kappa shape index (κ3) is 5.76. The number of nitriles is 1. The fourth-order valence-corrected chi connectivity index (χ4v) is 2.58. The number of carbonyl (C=O) groups is 1. The van der Waals surface area contributed by atoms with Crippen molar-refractivity contribution in [3.8, 4) is 11.8 Å². The van der Waals surface area contributed by atoms with Crippen molar-refractivity contribution in [2.45, 2.75) is 19.8 Å². The summed E-state index contributed by atoms with van der Waals surface area (Å²) in [5.74, 6) is 0.127. The van der Waals surface area contributed by atoms with Gasteiger partial charge in [0.25, 0.3) is 0 Å². The van der Waals surface area contributed by atoms with E-state index in [2.05, 4.69) is 5.32 Å². The molecule has 3 N–H and O–H groups in total. The van der Waals surface area contributed by atoms with Crippen LogP contribution >= 0.6 is 11.6 Å². The highest BCUT2D eigenvalue weighted by Crippen LogP contribution is 2.22. The minimum absolute atomic E-state index is 0.149. The summed E-state index contributed by atoms with van der Waals surface area (Å²) >= 11 is 6.25. The molecule has 0 saturated carbocycles. The fourth-order valence-electron chi connectivity index (χ4n) is 2.31. The largest absolute Gasteiger partial charge is 0.493 e. The third-order valence-electron chi connectivity index (χ3n) is 3.90. The number of amides is 1. The highest BCUT2D eigenvalue weighted by atomic mass is 35.5. The molecular formula is C20H22ClN3O2. The van der Waals surface area contributed by atoms with E-state index >= 15 is 0 Å². The van der Waals surface area contributed by atoms with E-state index in [-0.39, 0.29) is 18.4 Å². The molecule has 1 atom stereocenters. The molecule has 1 unspecified atom stereocenters. The Labute approximate surface area is 158 Å². The Bertz CT molecular complexity index is 785. The molecule has 0 aliphatic carbocycles. The van der Waals surface area contributed by atoms with Crippen molar-refractivity contribution in [3.05, 3.63) is 58.6 Å². The molecule has 0 bridgehead atoms. The Morgan fingerprint density at radius 3 is 2.65 bits per heavy atom. The van der Waals surface area contributed by atoms with E-state index in [0.29, 0.717) is 28.6 Å². The number of nitrogens with one attached hydrogen (secondary N) is 1. The van der Waals surface area contributed by atoms with E-state index in [1.54, 1.807) is 37.3 Å². The average molecular weight is 372 g/mol. The first-order valence-corrected chi connectivity index (χ1v) is 8.83. The van der Waals surface area contributed by atoms with Gasteiger partial charge in [0.2, 0.25) is 5.91 Å². The second-order valence-electron chi connectivity index (χ2n) is 6.04. The summed E-state index contributed by atoms with van der Waals surface area (Å²) in [4.78, 5) is 12.3. The Morgan fingerprint density at radius 1 is 1.31 bits per heavy atom. The number of hydrogen-bond donors (Lipinski definition) is 2. The van der Waals surface area contributed by atoms with Gasteiger partial charge in [0.05, 0.1) is 24.2 Å². The van der Waals surface area contributed by atoms with Crippen molar-refractivity contribution in [1.82, 2.24) is 0 Å². The van der Waals surface area contributed by atoms with Gasteiger partial charge in [-0.05, 0) is 61.3 Å². The first-order valence-electron chi connectivity index (χ1n) is 8.45. The van der Waals surface area contributed by atoms with Gasteiger partial charge in [0.15, 0.2) is 0 Å². The van der Waals surface area contributed by atoms with Crippen LogP contribution < -0.4 is 15.8 Å². The molecule has 0 fully saturated rings. The zero-order valence-corrected chi connectivity index (χ0v) is 15.4. The summed E-state index contributed by atoms with van der Waals surface area (Å²) in [5.41, 5.74) is 7.75. The molecule has 1 amide bonds. The Kier molecular flexibility index (Phi) is 7.46. The van der Waals surface area contributed by atoms with E-state index in [0.717, 1.165) is 18.4 Å². The highest BCUT2D eigenvalue weighted by Gasteiger charge is 2.14. The summed E-state index contributed by atoms with van der Waals surface area (Å²) in [7, 11) is 0. The molecule has 136 valence electrons. The average Bonchev–Trinajstić information content (AvgIpc) is 2.65. The highest BCUT2D eigenvalue weighted by molar-refractivity contribution is 6.31. The fraction of sp³-hybridized carbons (Fsp3) is 0.300. The van der Waals surface area contributed by atoms with Gasteiger partial charge in [-0.1, -0.05) is 24.6 Å². The van der Waals surface area contributed by atoms with Crippen molar-refractivity contribution in [3.63, 3.8) is 0 Å². The van der Waals surface area contributed by atoms with Crippen molar-refractivity contribution in [1.29, 1.82) is 5.26 Å². The summed E-state index contributed by atoms with van der Waals surface area (Å²) in [5, 5.41) is 12.3. The molecular weight excluding hydrogens is 350 g/mol. The quantitative estimate of drug-likeness (QED) is 0.739. The first kappa shape index (κ1) is 19.8. The molecule has 6 heteroatoms. The molecule has 2 rings (SSSR count). The Morgan fingerprint density at radius 2 is 2.04 bits per heavy atom. The number of nitrogens with two attached hydrogens (primary N) is 1. The summed E-state index contributed by atoms with van der Waals surface area (Å²) in [6.45, 7) is 2.64. The number of rotatable bonds is 8. The maximum absolute atomic E-state index is 12.3. The number of hydrogen-bond acceptors (Lipinski definition) is 4. The molecule has 2 aromatic carbocycles. The van der Waals surface area contributed by atoms with E-state index in [1.165, 1.54) is 0 Å². The van der Waals surface area contributed by atoms with Gasteiger partial charge in [-0.3, -0.25) is 4.79 Å². The molecule has 0 aliphatic rings. The number of anilines is 1. The minimum atomic E-state index is -0.346. The van der Waals surface area contributed by atoms with Gasteiger partial charge in [0, 0.05) is 10.7 Å². The smallest absolute Gasteiger partial charge is 0.230 e. The topological polar surface area (TPSA) is 88.1 Å². The van der Waals surface area contributed by atoms with Crippen molar-refractivity contribution >= 4 is 23.2 Å². The van der Waals surface area contributed by atoms with Crippen molar-refractivity contribution < 1.29 is 9.53 Å². The van der Waals surface area contributed by atoms with Crippen LogP contribution in [-0.2, 0) is 11.2 Å². The standard InChI is InChI=1S/C20H22ClN3O2/c1-14(13-26-18-8-4-15(12-23)5-9-18)20(25)24-17-7-6-16(3-2-10-22)19(21)11-17/h4-9,11,14H,2-3,10,13,22H2,1H3,(H,24,25). The number of carbonyl (C=O) groups excluding carboxylic acids is 1. The van der Waals surface area contributed by atoms with Gasteiger partial charge in [0.1, 0.15) is 5.75 Å². The first-order chi connectivity index (χ1) is 12.5. The van der Waals surface area contributed by atoms with Crippen LogP contribution in [0.4, 0.5) is 5.69 Å². The van der Waals surface area contributed by atoms with Gasteiger partial charge in [-0.25, -0.2) is 0 Å². The van der Waals surface area contributed by atoms with Crippen LogP contribution in [0.2, 0.25) is 5.02 Å². The lowest BCUT2D eigenvalue weighted by Gasteiger charge is -2.14. The van der Waals surface area contributed by atoms with Crippen LogP contribution in [0.1, 0.15) is 24.5 Å². The maximum atomic E-state index is 12.3. The number of halogens is 1. The molecule has 0 radical (unpaired) electrons.